The maximum absolute atomic E-state index is 12.2. The van der Waals surface area contributed by atoms with Gasteiger partial charge in [0.1, 0.15) is 0 Å². The van der Waals surface area contributed by atoms with E-state index in [-0.39, 0.29) is 22.8 Å². The lowest BCUT2D eigenvalue weighted by Gasteiger charge is -2.23. The summed E-state index contributed by atoms with van der Waals surface area (Å²) < 4.78 is 9.62. The van der Waals surface area contributed by atoms with Crippen LogP contribution in [-0.2, 0) is 4.74 Å². The molecule has 29 heavy (non-hydrogen) atoms. The number of pyridine rings is 1. The minimum Gasteiger partial charge on any atom is -0.365 e. The molecular formula is C23H28N4O2. The minimum absolute atomic E-state index is 0.0194. The van der Waals surface area contributed by atoms with E-state index in [4.69, 9.17) is 9.84 Å². The number of fused-ring (bicyclic) bond motifs is 1. The molecule has 0 aliphatic carbocycles. The lowest BCUT2D eigenvalue weighted by atomic mass is 9.92. The van der Waals surface area contributed by atoms with Crippen molar-refractivity contribution in [2.75, 3.05) is 0 Å². The Labute approximate surface area is 170 Å². The zero-order valence-corrected chi connectivity index (χ0v) is 17.9. The van der Waals surface area contributed by atoms with Crippen LogP contribution < -0.4 is 5.56 Å². The normalized spacial score (nSPS) is 19.5. The van der Waals surface area contributed by atoms with Gasteiger partial charge in [-0.3, -0.25) is 4.79 Å². The first-order chi connectivity index (χ1) is 13.6. The van der Waals surface area contributed by atoms with Gasteiger partial charge in [0.15, 0.2) is 0 Å². The van der Waals surface area contributed by atoms with Crippen LogP contribution in [0.15, 0.2) is 46.9 Å². The molecule has 0 bridgehead atoms. The summed E-state index contributed by atoms with van der Waals surface area (Å²) in [6.45, 7) is 12.3. The number of hydrogen-bond donors (Lipinski definition) is 0. The smallest absolute Gasteiger partial charge is 0.267 e. The van der Waals surface area contributed by atoms with E-state index in [0.29, 0.717) is 0 Å². The third kappa shape index (κ3) is 3.53. The summed E-state index contributed by atoms with van der Waals surface area (Å²) in [7, 11) is 0. The van der Waals surface area contributed by atoms with Gasteiger partial charge in [0.25, 0.3) is 5.56 Å². The lowest BCUT2D eigenvalue weighted by molar-refractivity contribution is -0.0565. The van der Waals surface area contributed by atoms with E-state index in [0.717, 1.165) is 28.9 Å². The molecule has 1 saturated heterocycles. The van der Waals surface area contributed by atoms with Crippen LogP contribution in [0.5, 0.6) is 0 Å². The van der Waals surface area contributed by atoms with Crippen molar-refractivity contribution in [3.05, 3.63) is 58.1 Å². The summed E-state index contributed by atoms with van der Waals surface area (Å²) >= 11 is 0. The Balaban J connectivity index is 1.95. The Kier molecular flexibility index (Phi) is 4.50. The fraction of sp³-hybridized carbons (Fsp3) is 0.435. The van der Waals surface area contributed by atoms with Crippen LogP contribution >= 0.6 is 0 Å². The molecule has 0 N–H and O–H groups in total. The average molecular weight is 393 g/mol. The van der Waals surface area contributed by atoms with Gasteiger partial charge in [0.2, 0.25) is 0 Å². The van der Waals surface area contributed by atoms with E-state index in [1.165, 1.54) is 10.3 Å². The van der Waals surface area contributed by atoms with Crippen molar-refractivity contribution >= 4 is 11.6 Å². The van der Waals surface area contributed by atoms with E-state index in [9.17, 15) is 4.79 Å². The molecule has 3 aromatic heterocycles. The molecule has 152 valence electrons. The molecule has 6 nitrogen and oxygen atoms in total. The summed E-state index contributed by atoms with van der Waals surface area (Å²) in [5.41, 5.74) is 3.98. The van der Waals surface area contributed by atoms with Crippen molar-refractivity contribution in [2.45, 2.75) is 65.2 Å². The molecule has 0 amide bonds. The summed E-state index contributed by atoms with van der Waals surface area (Å²) in [6, 6.07) is 9.31. The Morgan fingerprint density at radius 2 is 1.86 bits per heavy atom. The Morgan fingerprint density at radius 3 is 2.52 bits per heavy atom. The van der Waals surface area contributed by atoms with E-state index < -0.39 is 0 Å². The molecule has 3 aromatic rings. The Bertz CT molecular complexity index is 1170. The maximum atomic E-state index is 12.2. The van der Waals surface area contributed by atoms with E-state index in [2.05, 4.69) is 38.9 Å². The van der Waals surface area contributed by atoms with Gasteiger partial charge in [0, 0.05) is 18.7 Å². The topological polar surface area (TPSA) is 61.4 Å². The van der Waals surface area contributed by atoms with Crippen molar-refractivity contribution < 1.29 is 4.74 Å². The standard InChI is InChI=1S/C23H28N4O2/c1-15(2)27-20(28)11-10-17(25-27)21-18(24-26-12-8-7-9-19(21)26)13-16-14-22(3,4)29-23(16,5)6/h7-13,15H,14H2,1-6H3. The first-order valence-electron chi connectivity index (χ1n) is 10.1. The lowest BCUT2D eigenvalue weighted by Crippen LogP contribution is -2.26. The maximum Gasteiger partial charge on any atom is 0.267 e. The molecule has 1 aliphatic heterocycles. The largest absolute Gasteiger partial charge is 0.365 e. The molecule has 4 rings (SSSR count). The quantitative estimate of drug-likeness (QED) is 0.658. The second-order valence-corrected chi connectivity index (χ2v) is 9.10. The van der Waals surface area contributed by atoms with Crippen molar-refractivity contribution in [1.29, 1.82) is 0 Å². The van der Waals surface area contributed by atoms with Crippen LogP contribution in [0.4, 0.5) is 0 Å². The summed E-state index contributed by atoms with van der Waals surface area (Å²) in [6.07, 6.45) is 4.90. The fourth-order valence-electron chi connectivity index (χ4n) is 4.16. The van der Waals surface area contributed by atoms with Gasteiger partial charge in [-0.1, -0.05) is 6.07 Å². The van der Waals surface area contributed by atoms with E-state index in [1.54, 1.807) is 12.1 Å². The van der Waals surface area contributed by atoms with Gasteiger partial charge in [0.05, 0.1) is 39.7 Å². The van der Waals surface area contributed by atoms with Gasteiger partial charge in [-0.2, -0.15) is 10.2 Å². The monoisotopic (exact) mass is 392 g/mol. The van der Waals surface area contributed by atoms with Crippen LogP contribution in [-0.4, -0.2) is 30.6 Å². The summed E-state index contributed by atoms with van der Waals surface area (Å²) in [5, 5.41) is 9.48. The first kappa shape index (κ1) is 19.6. The van der Waals surface area contributed by atoms with Crippen LogP contribution in [0.3, 0.4) is 0 Å². The molecule has 0 spiro atoms. The molecule has 0 unspecified atom stereocenters. The number of ether oxygens (including phenoxy) is 1. The van der Waals surface area contributed by atoms with Gasteiger partial charge >= 0.3 is 0 Å². The van der Waals surface area contributed by atoms with Gasteiger partial charge in [-0.15, -0.1) is 0 Å². The van der Waals surface area contributed by atoms with Crippen molar-refractivity contribution in [2.24, 2.45) is 0 Å². The predicted octanol–water partition coefficient (Wildman–Crippen LogP) is 4.50. The average Bonchev–Trinajstić information content (AvgIpc) is 3.08. The molecule has 0 aromatic carbocycles. The summed E-state index contributed by atoms with van der Waals surface area (Å²) in [4.78, 5) is 12.2. The zero-order valence-electron chi connectivity index (χ0n) is 17.9. The van der Waals surface area contributed by atoms with Crippen molar-refractivity contribution in [3.63, 3.8) is 0 Å². The number of rotatable bonds is 3. The second kappa shape index (κ2) is 6.66. The number of nitrogens with zero attached hydrogens (tertiary/aromatic N) is 4. The SMILES string of the molecule is CC(C)n1nc(-c2c(C=C3CC(C)(C)OC3(C)C)nn3ccccc23)ccc1=O. The van der Waals surface area contributed by atoms with Crippen LogP contribution in [0.25, 0.3) is 22.9 Å². The molecule has 0 radical (unpaired) electrons. The molecule has 1 fully saturated rings. The molecule has 0 saturated carbocycles. The highest BCUT2D eigenvalue weighted by Gasteiger charge is 2.41. The number of aromatic nitrogens is 4. The Morgan fingerprint density at radius 1 is 1.10 bits per heavy atom. The molecule has 4 heterocycles. The zero-order chi connectivity index (χ0) is 21.0. The van der Waals surface area contributed by atoms with E-state index in [1.807, 2.05) is 42.8 Å². The van der Waals surface area contributed by atoms with Crippen molar-refractivity contribution in [3.8, 4) is 11.3 Å². The minimum atomic E-state index is -0.360. The third-order valence-corrected chi connectivity index (χ3v) is 5.37. The fourth-order valence-corrected chi connectivity index (χ4v) is 4.16. The Hall–Kier alpha value is -2.73. The van der Waals surface area contributed by atoms with Crippen LogP contribution in [0.1, 0.15) is 59.7 Å². The third-order valence-electron chi connectivity index (χ3n) is 5.37. The van der Waals surface area contributed by atoms with Crippen LogP contribution in [0.2, 0.25) is 0 Å². The predicted molar refractivity (Wildman–Crippen MR) is 115 cm³/mol. The van der Waals surface area contributed by atoms with Gasteiger partial charge < -0.3 is 4.74 Å². The van der Waals surface area contributed by atoms with Crippen LogP contribution in [0, 0.1) is 0 Å². The van der Waals surface area contributed by atoms with Gasteiger partial charge in [-0.05, 0) is 71.4 Å². The first-order valence-corrected chi connectivity index (χ1v) is 10.1. The van der Waals surface area contributed by atoms with E-state index >= 15 is 0 Å². The van der Waals surface area contributed by atoms with Gasteiger partial charge in [-0.25, -0.2) is 9.20 Å². The highest BCUT2D eigenvalue weighted by Crippen LogP contribution is 2.43. The molecule has 6 heteroatoms. The van der Waals surface area contributed by atoms with Crippen molar-refractivity contribution in [1.82, 2.24) is 19.4 Å². The second-order valence-electron chi connectivity index (χ2n) is 9.10. The number of hydrogen-bond acceptors (Lipinski definition) is 4. The molecular weight excluding hydrogens is 364 g/mol. The summed E-state index contributed by atoms with van der Waals surface area (Å²) in [5.74, 6) is 0. The molecule has 0 atom stereocenters. The highest BCUT2D eigenvalue weighted by molar-refractivity contribution is 5.85. The molecule has 1 aliphatic rings. The highest BCUT2D eigenvalue weighted by atomic mass is 16.5.